The SMILES string of the molecule is COc1cc(CN(C(=O)c2cc3ccccc3oc2=O)c2ccccn2)cc(OC)c1OC. The smallest absolute Gasteiger partial charge is 0.349 e. The van der Waals surface area contributed by atoms with Crippen LogP contribution >= 0.6 is 0 Å². The average molecular weight is 446 g/mol. The lowest BCUT2D eigenvalue weighted by atomic mass is 10.1. The number of para-hydroxylation sites is 1. The van der Waals surface area contributed by atoms with Crippen molar-refractivity contribution in [3.63, 3.8) is 0 Å². The Bertz CT molecular complexity index is 1330. The Kier molecular flexibility index (Phi) is 6.26. The van der Waals surface area contributed by atoms with Crippen molar-refractivity contribution in [3.05, 3.63) is 88.4 Å². The first-order valence-electron chi connectivity index (χ1n) is 10.1. The Morgan fingerprint density at radius 2 is 1.64 bits per heavy atom. The lowest BCUT2D eigenvalue weighted by Crippen LogP contribution is -2.34. The van der Waals surface area contributed by atoms with Crippen LogP contribution in [0, 0.1) is 0 Å². The van der Waals surface area contributed by atoms with Gasteiger partial charge in [-0.3, -0.25) is 9.69 Å². The molecule has 0 fully saturated rings. The minimum absolute atomic E-state index is 0.0909. The fourth-order valence-corrected chi connectivity index (χ4v) is 3.54. The van der Waals surface area contributed by atoms with Crippen molar-refractivity contribution < 1.29 is 23.4 Å². The molecule has 0 radical (unpaired) electrons. The molecule has 4 rings (SSSR count). The van der Waals surface area contributed by atoms with E-state index in [4.69, 9.17) is 18.6 Å². The van der Waals surface area contributed by atoms with E-state index in [0.717, 1.165) is 0 Å². The minimum atomic E-state index is -0.718. The highest BCUT2D eigenvalue weighted by atomic mass is 16.5. The summed E-state index contributed by atoms with van der Waals surface area (Å²) in [5.74, 6) is 1.18. The van der Waals surface area contributed by atoms with Gasteiger partial charge in [-0.15, -0.1) is 0 Å². The summed E-state index contributed by atoms with van der Waals surface area (Å²) in [7, 11) is 4.55. The third kappa shape index (κ3) is 4.36. The van der Waals surface area contributed by atoms with Crippen LogP contribution in [0.25, 0.3) is 11.0 Å². The van der Waals surface area contributed by atoms with Gasteiger partial charge < -0.3 is 18.6 Å². The van der Waals surface area contributed by atoms with Crippen LogP contribution in [0.4, 0.5) is 5.82 Å². The number of hydrogen-bond acceptors (Lipinski definition) is 7. The van der Waals surface area contributed by atoms with Crippen LogP contribution in [0.5, 0.6) is 17.2 Å². The summed E-state index contributed by atoms with van der Waals surface area (Å²) >= 11 is 0. The number of ether oxygens (including phenoxy) is 3. The molecule has 8 nitrogen and oxygen atoms in total. The van der Waals surface area contributed by atoms with E-state index in [1.807, 2.05) is 6.07 Å². The second-order valence-electron chi connectivity index (χ2n) is 7.10. The predicted octanol–water partition coefficient (Wildman–Crippen LogP) is 4.06. The van der Waals surface area contributed by atoms with Crippen molar-refractivity contribution in [3.8, 4) is 17.2 Å². The van der Waals surface area contributed by atoms with Crippen molar-refractivity contribution in [1.82, 2.24) is 4.98 Å². The Balaban J connectivity index is 1.80. The molecule has 0 aliphatic rings. The summed E-state index contributed by atoms with van der Waals surface area (Å²) < 4.78 is 21.6. The monoisotopic (exact) mass is 446 g/mol. The minimum Gasteiger partial charge on any atom is -0.493 e. The zero-order valence-electron chi connectivity index (χ0n) is 18.4. The van der Waals surface area contributed by atoms with Gasteiger partial charge in [-0.2, -0.15) is 0 Å². The van der Waals surface area contributed by atoms with Crippen LogP contribution in [0.15, 0.2) is 76.1 Å². The first-order valence-corrected chi connectivity index (χ1v) is 10.1. The van der Waals surface area contributed by atoms with Crippen molar-refractivity contribution in [1.29, 1.82) is 0 Å². The second kappa shape index (κ2) is 9.44. The standard InChI is InChI=1S/C25H22N2O6/c1-30-20-12-16(13-21(31-2)23(20)32-3)15-27(22-10-6-7-11-26-22)24(28)18-14-17-8-4-5-9-19(17)33-25(18)29/h4-14H,15H2,1-3H3. The fourth-order valence-electron chi connectivity index (χ4n) is 3.54. The fraction of sp³-hybridized carbons (Fsp3) is 0.160. The molecule has 0 atom stereocenters. The quantitative estimate of drug-likeness (QED) is 0.395. The number of carbonyl (C=O) groups is 1. The van der Waals surface area contributed by atoms with E-state index < -0.39 is 11.5 Å². The summed E-state index contributed by atoms with van der Waals surface area (Å²) in [5, 5.41) is 0.647. The lowest BCUT2D eigenvalue weighted by Gasteiger charge is -2.23. The number of aromatic nitrogens is 1. The molecule has 168 valence electrons. The van der Waals surface area contributed by atoms with Gasteiger partial charge in [0.1, 0.15) is 17.0 Å². The maximum atomic E-state index is 13.6. The maximum Gasteiger partial charge on any atom is 0.349 e. The highest BCUT2D eigenvalue weighted by molar-refractivity contribution is 6.06. The number of methoxy groups -OCH3 is 3. The third-order valence-electron chi connectivity index (χ3n) is 5.11. The Morgan fingerprint density at radius 3 is 2.27 bits per heavy atom. The average Bonchev–Trinajstić information content (AvgIpc) is 2.86. The topological polar surface area (TPSA) is 91.1 Å². The number of amides is 1. The van der Waals surface area contributed by atoms with Gasteiger partial charge in [0.05, 0.1) is 27.9 Å². The number of benzene rings is 2. The van der Waals surface area contributed by atoms with Crippen LogP contribution in [-0.4, -0.2) is 32.2 Å². The molecule has 8 heteroatoms. The molecule has 0 saturated heterocycles. The Morgan fingerprint density at radius 1 is 0.939 bits per heavy atom. The molecule has 0 bridgehead atoms. The van der Waals surface area contributed by atoms with Gasteiger partial charge in [0.15, 0.2) is 11.5 Å². The molecule has 0 saturated carbocycles. The van der Waals surface area contributed by atoms with Gasteiger partial charge in [-0.05, 0) is 42.0 Å². The van der Waals surface area contributed by atoms with Crippen molar-refractivity contribution in [2.45, 2.75) is 6.54 Å². The zero-order chi connectivity index (χ0) is 23.4. The number of hydrogen-bond donors (Lipinski definition) is 0. The molecular weight excluding hydrogens is 424 g/mol. The molecule has 1 amide bonds. The number of fused-ring (bicyclic) bond motifs is 1. The van der Waals surface area contributed by atoms with E-state index in [9.17, 15) is 9.59 Å². The summed E-state index contributed by atoms with van der Waals surface area (Å²) in [5.41, 5.74) is 0.290. The van der Waals surface area contributed by atoms with Crippen LogP contribution in [0.2, 0.25) is 0 Å². The van der Waals surface area contributed by atoms with Crippen molar-refractivity contribution in [2.24, 2.45) is 0 Å². The number of anilines is 1. The Labute approximate surface area is 189 Å². The van der Waals surface area contributed by atoms with E-state index in [-0.39, 0.29) is 12.1 Å². The van der Waals surface area contributed by atoms with Crippen LogP contribution < -0.4 is 24.7 Å². The number of pyridine rings is 1. The molecule has 4 aromatic rings. The molecule has 0 unspecified atom stereocenters. The zero-order valence-corrected chi connectivity index (χ0v) is 18.4. The molecule has 0 spiro atoms. The van der Waals surface area contributed by atoms with Crippen LogP contribution in [-0.2, 0) is 6.54 Å². The van der Waals surface area contributed by atoms with E-state index in [2.05, 4.69) is 4.98 Å². The molecule has 0 aliphatic carbocycles. The van der Waals surface area contributed by atoms with Crippen LogP contribution in [0.1, 0.15) is 15.9 Å². The van der Waals surface area contributed by atoms with Gasteiger partial charge >= 0.3 is 5.63 Å². The highest BCUT2D eigenvalue weighted by Gasteiger charge is 2.24. The molecule has 33 heavy (non-hydrogen) atoms. The normalized spacial score (nSPS) is 10.6. The number of carbonyl (C=O) groups excluding carboxylic acids is 1. The van der Waals surface area contributed by atoms with Crippen molar-refractivity contribution >= 4 is 22.7 Å². The van der Waals surface area contributed by atoms with E-state index >= 15 is 0 Å². The summed E-state index contributed by atoms with van der Waals surface area (Å²) in [6.45, 7) is 0.0961. The largest absolute Gasteiger partial charge is 0.493 e. The summed E-state index contributed by atoms with van der Waals surface area (Å²) in [4.78, 5) is 32.0. The first kappa shape index (κ1) is 21.9. The molecule has 2 aromatic carbocycles. The highest BCUT2D eigenvalue weighted by Crippen LogP contribution is 2.38. The third-order valence-corrected chi connectivity index (χ3v) is 5.11. The van der Waals surface area contributed by atoms with Gasteiger partial charge in [0.2, 0.25) is 5.75 Å². The van der Waals surface area contributed by atoms with Crippen molar-refractivity contribution in [2.75, 3.05) is 26.2 Å². The molecule has 0 N–H and O–H groups in total. The van der Waals surface area contributed by atoms with Gasteiger partial charge in [-0.1, -0.05) is 24.3 Å². The lowest BCUT2D eigenvalue weighted by molar-refractivity contribution is 0.0981. The Hall–Kier alpha value is -4.33. The maximum absolute atomic E-state index is 13.6. The van der Waals surface area contributed by atoms with E-state index in [0.29, 0.717) is 39.6 Å². The van der Waals surface area contributed by atoms with Gasteiger partial charge in [-0.25, -0.2) is 9.78 Å². The molecular formula is C25H22N2O6. The second-order valence-corrected chi connectivity index (χ2v) is 7.10. The summed E-state index contributed by atoms with van der Waals surface area (Å²) in [6, 6.07) is 17.3. The van der Waals surface area contributed by atoms with E-state index in [1.165, 1.54) is 32.3 Å². The van der Waals surface area contributed by atoms with Crippen LogP contribution in [0.3, 0.4) is 0 Å². The van der Waals surface area contributed by atoms with Gasteiger partial charge in [0, 0.05) is 11.6 Å². The van der Waals surface area contributed by atoms with E-state index in [1.54, 1.807) is 54.7 Å². The first-order chi connectivity index (χ1) is 16.0. The molecule has 2 heterocycles. The predicted molar refractivity (Wildman–Crippen MR) is 123 cm³/mol. The number of rotatable bonds is 7. The number of nitrogens with zero attached hydrogens (tertiary/aromatic N) is 2. The molecule has 0 aliphatic heterocycles. The summed E-state index contributed by atoms with van der Waals surface area (Å²) in [6.07, 6.45) is 1.58. The molecule has 2 aromatic heterocycles. The van der Waals surface area contributed by atoms with Gasteiger partial charge in [0.25, 0.3) is 5.91 Å².